The SMILES string of the molecule is COc1ccc(C(=O)O)cc1S(=O)(=O)NC(C)c1nc(C(C)C)no1. The predicted molar refractivity (Wildman–Crippen MR) is 87.1 cm³/mol. The maximum absolute atomic E-state index is 12.6. The minimum absolute atomic E-state index is 0.0260. The second-order valence-corrected chi connectivity index (χ2v) is 7.34. The van der Waals surface area contributed by atoms with Crippen molar-refractivity contribution in [3.8, 4) is 5.75 Å². The maximum Gasteiger partial charge on any atom is 0.335 e. The molecule has 0 fully saturated rings. The third-order valence-electron chi connectivity index (χ3n) is 3.38. The number of carboxylic acids is 1. The first-order chi connectivity index (χ1) is 11.7. The molecule has 2 N–H and O–H groups in total. The van der Waals surface area contributed by atoms with Crippen molar-refractivity contribution in [3.63, 3.8) is 0 Å². The van der Waals surface area contributed by atoms with Crippen LogP contribution in [0.4, 0.5) is 0 Å². The Kier molecular flexibility index (Phi) is 5.43. The Morgan fingerprint density at radius 2 is 2.00 bits per heavy atom. The van der Waals surface area contributed by atoms with Crippen molar-refractivity contribution in [1.82, 2.24) is 14.9 Å². The van der Waals surface area contributed by atoms with Gasteiger partial charge in [0.15, 0.2) is 5.82 Å². The van der Waals surface area contributed by atoms with Gasteiger partial charge >= 0.3 is 5.97 Å². The summed E-state index contributed by atoms with van der Waals surface area (Å²) < 4.78 is 37.8. The zero-order chi connectivity index (χ0) is 18.8. The lowest BCUT2D eigenvalue weighted by molar-refractivity contribution is 0.0696. The Balaban J connectivity index is 2.34. The Morgan fingerprint density at radius 1 is 1.32 bits per heavy atom. The van der Waals surface area contributed by atoms with Crippen LogP contribution in [0.25, 0.3) is 0 Å². The highest BCUT2D eigenvalue weighted by Gasteiger charge is 2.26. The Bertz CT molecular complexity index is 875. The van der Waals surface area contributed by atoms with Crippen molar-refractivity contribution in [1.29, 1.82) is 0 Å². The van der Waals surface area contributed by atoms with E-state index in [2.05, 4.69) is 14.9 Å². The first-order valence-corrected chi connectivity index (χ1v) is 8.91. The zero-order valence-electron chi connectivity index (χ0n) is 14.2. The van der Waals surface area contributed by atoms with E-state index >= 15 is 0 Å². The van der Waals surface area contributed by atoms with E-state index < -0.39 is 22.0 Å². The summed E-state index contributed by atoms with van der Waals surface area (Å²) in [6, 6.07) is 2.77. The van der Waals surface area contributed by atoms with Crippen LogP contribution in [0.15, 0.2) is 27.6 Å². The fraction of sp³-hybridized carbons (Fsp3) is 0.400. The largest absolute Gasteiger partial charge is 0.495 e. The number of methoxy groups -OCH3 is 1. The highest BCUT2D eigenvalue weighted by molar-refractivity contribution is 7.89. The number of ether oxygens (including phenoxy) is 1. The van der Waals surface area contributed by atoms with Crippen molar-refractivity contribution in [2.75, 3.05) is 7.11 Å². The lowest BCUT2D eigenvalue weighted by Crippen LogP contribution is -2.27. The first-order valence-electron chi connectivity index (χ1n) is 7.43. The smallest absolute Gasteiger partial charge is 0.335 e. The lowest BCUT2D eigenvalue weighted by atomic mass is 10.2. The number of carbonyl (C=O) groups is 1. The molecular weight excluding hydrogens is 350 g/mol. The molecule has 10 heteroatoms. The molecule has 1 aromatic heterocycles. The molecule has 1 heterocycles. The van der Waals surface area contributed by atoms with Crippen molar-refractivity contribution < 1.29 is 27.6 Å². The van der Waals surface area contributed by atoms with Crippen molar-refractivity contribution in [3.05, 3.63) is 35.5 Å². The minimum Gasteiger partial charge on any atom is -0.495 e. The van der Waals surface area contributed by atoms with Gasteiger partial charge in [-0.2, -0.15) is 9.71 Å². The summed E-state index contributed by atoms with van der Waals surface area (Å²) >= 11 is 0. The van der Waals surface area contributed by atoms with Crippen LogP contribution in [0, 0.1) is 0 Å². The predicted octanol–water partition coefficient (Wildman–Crippen LogP) is 1.94. The van der Waals surface area contributed by atoms with Crippen molar-refractivity contribution in [2.24, 2.45) is 0 Å². The van der Waals surface area contributed by atoms with Gasteiger partial charge in [-0.3, -0.25) is 0 Å². The summed E-state index contributed by atoms with van der Waals surface area (Å²) in [4.78, 5) is 15.0. The lowest BCUT2D eigenvalue weighted by Gasteiger charge is -2.14. The Hall–Kier alpha value is -2.46. The average Bonchev–Trinajstić information content (AvgIpc) is 3.04. The molecule has 0 aliphatic carbocycles. The van der Waals surface area contributed by atoms with Crippen LogP contribution in [-0.2, 0) is 10.0 Å². The topological polar surface area (TPSA) is 132 Å². The zero-order valence-corrected chi connectivity index (χ0v) is 15.0. The summed E-state index contributed by atoms with van der Waals surface area (Å²) in [5, 5.41) is 12.9. The molecule has 136 valence electrons. The summed E-state index contributed by atoms with van der Waals surface area (Å²) in [6.45, 7) is 5.31. The van der Waals surface area contributed by atoms with Crippen LogP contribution >= 0.6 is 0 Å². The number of rotatable bonds is 7. The number of aromatic nitrogens is 2. The number of sulfonamides is 1. The highest BCUT2D eigenvalue weighted by atomic mass is 32.2. The van der Waals surface area contributed by atoms with E-state index in [9.17, 15) is 13.2 Å². The van der Waals surface area contributed by atoms with E-state index in [1.165, 1.54) is 19.2 Å². The van der Waals surface area contributed by atoms with Gasteiger partial charge in [-0.25, -0.2) is 13.2 Å². The molecule has 0 saturated carbocycles. The number of nitrogens with one attached hydrogen (secondary N) is 1. The molecule has 0 bridgehead atoms. The van der Waals surface area contributed by atoms with Gasteiger partial charge in [0.25, 0.3) is 0 Å². The summed E-state index contributed by atoms with van der Waals surface area (Å²) in [5.74, 6) is -0.607. The third-order valence-corrected chi connectivity index (χ3v) is 4.94. The molecule has 0 amide bonds. The molecule has 1 atom stereocenters. The molecule has 0 spiro atoms. The summed E-state index contributed by atoms with van der Waals surface area (Å²) in [7, 11) is -2.79. The van der Waals surface area contributed by atoms with E-state index in [1.807, 2.05) is 13.8 Å². The quantitative estimate of drug-likeness (QED) is 0.757. The van der Waals surface area contributed by atoms with Gasteiger partial charge in [0, 0.05) is 5.92 Å². The normalized spacial score (nSPS) is 13.0. The molecule has 2 rings (SSSR count). The molecule has 25 heavy (non-hydrogen) atoms. The second kappa shape index (κ2) is 7.19. The molecule has 1 aromatic carbocycles. The number of carboxylic acid groups (broad SMARTS) is 1. The van der Waals surface area contributed by atoms with Gasteiger partial charge < -0.3 is 14.4 Å². The van der Waals surface area contributed by atoms with E-state index in [0.717, 1.165) is 6.07 Å². The van der Waals surface area contributed by atoms with E-state index in [-0.39, 0.29) is 28.0 Å². The number of hydrogen-bond acceptors (Lipinski definition) is 7. The average molecular weight is 369 g/mol. The summed E-state index contributed by atoms with van der Waals surface area (Å²) in [6.07, 6.45) is 0. The molecule has 0 aliphatic heterocycles. The van der Waals surface area contributed by atoms with Crippen LogP contribution in [0.1, 0.15) is 54.8 Å². The fourth-order valence-corrected chi connectivity index (χ4v) is 3.42. The Labute approximate surface area is 145 Å². The number of benzene rings is 1. The monoisotopic (exact) mass is 369 g/mol. The number of nitrogens with zero attached hydrogens (tertiary/aromatic N) is 2. The van der Waals surface area contributed by atoms with E-state index in [0.29, 0.717) is 5.82 Å². The van der Waals surface area contributed by atoms with Gasteiger partial charge in [0.05, 0.1) is 18.7 Å². The highest BCUT2D eigenvalue weighted by Crippen LogP contribution is 2.26. The van der Waals surface area contributed by atoms with Crippen molar-refractivity contribution in [2.45, 2.75) is 37.6 Å². The molecule has 0 saturated heterocycles. The molecule has 1 unspecified atom stereocenters. The maximum atomic E-state index is 12.6. The van der Waals surface area contributed by atoms with Crippen LogP contribution in [0.3, 0.4) is 0 Å². The van der Waals surface area contributed by atoms with Crippen LogP contribution in [0.5, 0.6) is 5.75 Å². The van der Waals surface area contributed by atoms with Crippen LogP contribution < -0.4 is 9.46 Å². The van der Waals surface area contributed by atoms with Gasteiger partial charge in [-0.1, -0.05) is 19.0 Å². The first kappa shape index (κ1) is 18.9. The minimum atomic E-state index is -4.08. The standard InChI is InChI=1S/C15H19N3O6S/c1-8(2)13-16-14(24-17-13)9(3)18-25(21,22)12-7-10(15(19)20)5-6-11(12)23-4/h5-9,18H,1-4H3,(H,19,20). The molecular formula is C15H19N3O6S. The van der Waals surface area contributed by atoms with Crippen LogP contribution in [-0.4, -0.2) is 36.7 Å². The molecule has 2 aromatic rings. The fourth-order valence-electron chi connectivity index (χ4n) is 2.02. The number of aromatic carboxylic acids is 1. The second-order valence-electron chi connectivity index (χ2n) is 5.66. The Morgan fingerprint density at radius 3 is 2.52 bits per heavy atom. The van der Waals surface area contributed by atoms with E-state index in [1.54, 1.807) is 6.92 Å². The van der Waals surface area contributed by atoms with E-state index in [4.69, 9.17) is 14.4 Å². The summed E-state index contributed by atoms with van der Waals surface area (Å²) in [5.41, 5.74) is -0.172. The van der Waals surface area contributed by atoms with Gasteiger partial charge in [-0.15, -0.1) is 0 Å². The molecule has 0 radical (unpaired) electrons. The van der Waals surface area contributed by atoms with Gasteiger partial charge in [0.2, 0.25) is 15.9 Å². The number of hydrogen-bond donors (Lipinski definition) is 2. The third kappa shape index (κ3) is 4.15. The molecule has 9 nitrogen and oxygen atoms in total. The van der Waals surface area contributed by atoms with Gasteiger partial charge in [-0.05, 0) is 25.1 Å². The van der Waals surface area contributed by atoms with Crippen molar-refractivity contribution >= 4 is 16.0 Å². The van der Waals surface area contributed by atoms with Crippen LogP contribution in [0.2, 0.25) is 0 Å². The van der Waals surface area contributed by atoms with Gasteiger partial charge in [0.1, 0.15) is 10.6 Å². The molecule has 0 aliphatic rings.